The van der Waals surface area contributed by atoms with Gasteiger partial charge in [0.25, 0.3) is 0 Å². The van der Waals surface area contributed by atoms with Crippen molar-refractivity contribution in [1.29, 1.82) is 0 Å². The second kappa shape index (κ2) is 7.32. The molecule has 1 aliphatic heterocycles. The molecule has 0 amide bonds. The van der Waals surface area contributed by atoms with Gasteiger partial charge in [0, 0.05) is 12.3 Å². The van der Waals surface area contributed by atoms with Crippen LogP contribution in [0, 0.1) is 58.2 Å². The summed E-state index contributed by atoms with van der Waals surface area (Å²) in [4.78, 5) is 13.3. The van der Waals surface area contributed by atoms with E-state index in [9.17, 15) is 4.79 Å². The summed E-state index contributed by atoms with van der Waals surface area (Å²) in [6.07, 6.45) is 12.5. The molecule has 0 N–H and O–H groups in total. The molecule has 5 aliphatic rings. The predicted molar refractivity (Wildman–Crippen MR) is 122 cm³/mol. The average Bonchev–Trinajstić information content (AvgIpc) is 3.41. The smallest absolute Gasteiger partial charge is 0.136 e. The van der Waals surface area contributed by atoms with Gasteiger partial charge in [0.15, 0.2) is 0 Å². The first-order chi connectivity index (χ1) is 14.2. The zero-order chi connectivity index (χ0) is 21.4. The first-order valence-electron chi connectivity index (χ1n) is 13.4. The number of rotatable bonds is 4. The van der Waals surface area contributed by atoms with Crippen LogP contribution in [-0.4, -0.2) is 18.0 Å². The van der Waals surface area contributed by atoms with E-state index in [2.05, 4.69) is 41.5 Å². The number of epoxide rings is 1. The Kier molecular flexibility index (Phi) is 5.24. The lowest BCUT2D eigenvalue weighted by Gasteiger charge is -2.60. The van der Waals surface area contributed by atoms with Crippen LogP contribution in [0.2, 0.25) is 0 Å². The van der Waals surface area contributed by atoms with Gasteiger partial charge in [0.05, 0.1) is 12.2 Å². The van der Waals surface area contributed by atoms with Gasteiger partial charge in [-0.15, -0.1) is 0 Å². The number of hydrogen-bond acceptors (Lipinski definition) is 2. The van der Waals surface area contributed by atoms with Crippen LogP contribution >= 0.6 is 0 Å². The highest BCUT2D eigenvalue weighted by molar-refractivity contribution is 5.83. The highest BCUT2D eigenvalue weighted by Gasteiger charge is 2.63. The van der Waals surface area contributed by atoms with Gasteiger partial charge in [-0.25, -0.2) is 0 Å². The molecule has 4 aliphatic carbocycles. The second-order valence-electron chi connectivity index (χ2n) is 13.1. The summed E-state index contributed by atoms with van der Waals surface area (Å²) in [5.41, 5.74) is 0.733. The molecule has 0 aromatic carbocycles. The number of carbonyl (C=O) groups excluding carboxylic acids is 1. The molecule has 170 valence electrons. The summed E-state index contributed by atoms with van der Waals surface area (Å²) in [5.74, 6) is 6.07. The average molecular weight is 415 g/mol. The fourth-order valence-corrected chi connectivity index (χ4v) is 9.59. The molecule has 5 rings (SSSR count). The molecule has 2 heteroatoms. The Hall–Kier alpha value is -0.370. The van der Waals surface area contributed by atoms with E-state index < -0.39 is 0 Å². The van der Waals surface area contributed by atoms with Gasteiger partial charge in [-0.2, -0.15) is 0 Å². The molecule has 0 radical (unpaired) electrons. The van der Waals surface area contributed by atoms with Crippen molar-refractivity contribution < 1.29 is 9.53 Å². The van der Waals surface area contributed by atoms with Gasteiger partial charge < -0.3 is 4.74 Å². The lowest BCUT2D eigenvalue weighted by molar-refractivity contribution is -0.154. The highest BCUT2D eigenvalue weighted by Crippen LogP contribution is 2.68. The maximum atomic E-state index is 13.3. The Morgan fingerprint density at radius 1 is 0.867 bits per heavy atom. The standard InChI is InChI=1S/C28H46O2/c1-16(2)17(3)25-26(30-25)18(4)20-10-11-21-19-15-24(29)23-9-7-8-13-27(23,5)22(19)12-14-28(20,21)6/h16-23,25-26H,7-15H2,1-6H3/t17?,18-,19-,20+,21-,22-,23+,25?,26?,27+,28+/m0/s1. The molecule has 0 bridgehead atoms. The molecule has 30 heavy (non-hydrogen) atoms. The van der Waals surface area contributed by atoms with Gasteiger partial charge in [0.1, 0.15) is 5.78 Å². The van der Waals surface area contributed by atoms with Gasteiger partial charge in [-0.1, -0.05) is 54.4 Å². The van der Waals surface area contributed by atoms with Crippen LogP contribution in [0.4, 0.5) is 0 Å². The first-order valence-corrected chi connectivity index (χ1v) is 13.4. The molecule has 5 fully saturated rings. The van der Waals surface area contributed by atoms with E-state index in [1.807, 2.05) is 0 Å². The van der Waals surface area contributed by atoms with E-state index in [-0.39, 0.29) is 0 Å². The van der Waals surface area contributed by atoms with E-state index in [1.54, 1.807) is 0 Å². The normalized spacial score (nSPS) is 52.4. The first kappa shape index (κ1) is 21.5. The van der Waals surface area contributed by atoms with Gasteiger partial charge in [0.2, 0.25) is 0 Å². The maximum absolute atomic E-state index is 13.3. The zero-order valence-corrected chi connectivity index (χ0v) is 20.5. The van der Waals surface area contributed by atoms with Gasteiger partial charge in [-0.05, 0) is 90.8 Å². The topological polar surface area (TPSA) is 29.6 Å². The van der Waals surface area contributed by atoms with Crippen LogP contribution in [0.3, 0.4) is 0 Å². The lowest BCUT2D eigenvalue weighted by Crippen LogP contribution is -2.56. The summed E-state index contributed by atoms with van der Waals surface area (Å²) in [6.45, 7) is 14.7. The van der Waals surface area contributed by atoms with E-state index in [4.69, 9.17) is 4.74 Å². The minimum Gasteiger partial charge on any atom is -0.369 e. The highest BCUT2D eigenvalue weighted by atomic mass is 16.6. The van der Waals surface area contributed by atoms with Crippen LogP contribution < -0.4 is 0 Å². The third-order valence-electron chi connectivity index (χ3n) is 11.7. The van der Waals surface area contributed by atoms with Gasteiger partial charge >= 0.3 is 0 Å². The second-order valence-corrected chi connectivity index (χ2v) is 13.1. The fourth-order valence-electron chi connectivity index (χ4n) is 9.59. The molecule has 2 nitrogen and oxygen atoms in total. The van der Waals surface area contributed by atoms with Crippen molar-refractivity contribution in [2.24, 2.45) is 58.2 Å². The van der Waals surface area contributed by atoms with Crippen molar-refractivity contribution in [2.75, 3.05) is 0 Å². The monoisotopic (exact) mass is 414 g/mol. The summed E-state index contributed by atoms with van der Waals surface area (Å²) >= 11 is 0. The van der Waals surface area contributed by atoms with Crippen molar-refractivity contribution >= 4 is 5.78 Å². The molecular weight excluding hydrogens is 368 g/mol. The number of ether oxygens (including phenoxy) is 1. The molecular formula is C28H46O2. The molecule has 0 aromatic rings. The van der Waals surface area contributed by atoms with E-state index in [1.165, 1.54) is 51.4 Å². The quantitative estimate of drug-likeness (QED) is 0.468. The summed E-state index contributed by atoms with van der Waals surface area (Å²) in [6, 6.07) is 0. The largest absolute Gasteiger partial charge is 0.369 e. The van der Waals surface area contributed by atoms with Crippen molar-refractivity contribution in [3.05, 3.63) is 0 Å². The molecule has 1 saturated heterocycles. The lowest BCUT2D eigenvalue weighted by atomic mass is 9.44. The third-order valence-corrected chi connectivity index (χ3v) is 11.7. The number of fused-ring (bicyclic) bond motifs is 5. The number of carbonyl (C=O) groups is 1. The van der Waals surface area contributed by atoms with Crippen LogP contribution in [-0.2, 0) is 9.53 Å². The molecule has 1 heterocycles. The minimum atomic E-state index is 0.306. The zero-order valence-electron chi connectivity index (χ0n) is 20.5. The SMILES string of the molecule is CC(C)C(C)C1OC1[C@@H](C)[C@H]1CC[C@H]2[C@@H]3CC(=O)[C@H]4CCCC[C@]4(C)[C@H]3CC[C@]12C. The summed E-state index contributed by atoms with van der Waals surface area (Å²) in [5, 5.41) is 0. The number of hydrogen-bond donors (Lipinski definition) is 0. The van der Waals surface area contributed by atoms with E-state index in [0.717, 1.165) is 24.2 Å². The Balaban J connectivity index is 1.35. The van der Waals surface area contributed by atoms with Crippen molar-refractivity contribution in [2.45, 2.75) is 112 Å². The van der Waals surface area contributed by atoms with Crippen molar-refractivity contribution in [3.8, 4) is 0 Å². The Morgan fingerprint density at radius 2 is 1.60 bits per heavy atom. The minimum absolute atomic E-state index is 0.306. The van der Waals surface area contributed by atoms with Crippen LogP contribution in [0.25, 0.3) is 0 Å². The number of Topliss-reactive ketones (excluding diaryl/α,β-unsaturated/α-hetero) is 1. The molecule has 3 unspecified atom stereocenters. The van der Waals surface area contributed by atoms with Crippen molar-refractivity contribution in [3.63, 3.8) is 0 Å². The molecule has 4 saturated carbocycles. The molecule has 11 atom stereocenters. The predicted octanol–water partition coefficient (Wildman–Crippen LogP) is 6.91. The van der Waals surface area contributed by atoms with Crippen LogP contribution in [0.5, 0.6) is 0 Å². The van der Waals surface area contributed by atoms with Crippen LogP contribution in [0.1, 0.15) is 99.3 Å². The summed E-state index contributed by atoms with van der Waals surface area (Å²) in [7, 11) is 0. The van der Waals surface area contributed by atoms with Crippen molar-refractivity contribution in [1.82, 2.24) is 0 Å². The Labute approximate surface area is 185 Å². The maximum Gasteiger partial charge on any atom is 0.136 e. The number of ketones is 1. The van der Waals surface area contributed by atoms with E-state index >= 15 is 0 Å². The summed E-state index contributed by atoms with van der Waals surface area (Å²) < 4.78 is 6.30. The third kappa shape index (κ3) is 3.01. The van der Waals surface area contributed by atoms with Crippen LogP contribution in [0.15, 0.2) is 0 Å². The molecule has 0 aromatic heterocycles. The fraction of sp³-hybridized carbons (Fsp3) is 0.964. The Bertz CT molecular complexity index is 684. The Morgan fingerprint density at radius 3 is 2.33 bits per heavy atom. The van der Waals surface area contributed by atoms with E-state index in [0.29, 0.717) is 58.4 Å². The molecule has 0 spiro atoms. The van der Waals surface area contributed by atoms with Gasteiger partial charge in [-0.3, -0.25) is 4.79 Å².